The summed E-state index contributed by atoms with van der Waals surface area (Å²) in [7, 11) is 0.961. The lowest BCUT2D eigenvalue weighted by Crippen LogP contribution is -2.43. The van der Waals surface area contributed by atoms with Gasteiger partial charge in [0.2, 0.25) is 0 Å². The largest absolute Gasteiger partial charge is 0.502 e. The molecule has 0 aliphatic heterocycles. The summed E-state index contributed by atoms with van der Waals surface area (Å²) < 4.78 is 21.9. The fourth-order valence-electron chi connectivity index (χ4n) is 1.46. The fourth-order valence-corrected chi connectivity index (χ4v) is 3.49. The first-order valence-corrected chi connectivity index (χ1v) is 8.15. The van der Waals surface area contributed by atoms with Crippen molar-refractivity contribution < 1.29 is 18.0 Å². The second-order valence-electron chi connectivity index (χ2n) is 3.74. The van der Waals surface area contributed by atoms with Gasteiger partial charge in [0.05, 0.1) is 12.9 Å². The van der Waals surface area contributed by atoms with E-state index >= 15 is 0 Å². The maximum atomic E-state index is 5.80. The van der Waals surface area contributed by atoms with Gasteiger partial charge in [0.25, 0.3) is 0 Å². The van der Waals surface area contributed by atoms with Crippen molar-refractivity contribution in [3.63, 3.8) is 0 Å². The molecule has 0 aliphatic rings. The van der Waals surface area contributed by atoms with Crippen molar-refractivity contribution >= 4 is 8.80 Å². The van der Waals surface area contributed by atoms with Crippen LogP contribution in [0.1, 0.15) is 33.1 Å². The predicted octanol–water partition coefficient (Wildman–Crippen LogP) is 2.98. The molecule has 0 saturated heterocycles. The van der Waals surface area contributed by atoms with E-state index in [1.54, 1.807) is 20.5 Å². The third-order valence-corrected chi connectivity index (χ3v) is 5.39. The normalized spacial score (nSPS) is 12.2. The monoisotopic (exact) mass is 262 g/mol. The third-order valence-electron chi connectivity index (χ3n) is 2.39. The molecule has 0 rings (SSSR count). The molecule has 0 aromatic heterocycles. The first-order chi connectivity index (χ1) is 8.24. The molecule has 5 heteroatoms. The summed E-state index contributed by atoms with van der Waals surface area (Å²) in [6.45, 7) is 5.45. The van der Waals surface area contributed by atoms with Crippen LogP contribution in [0.5, 0.6) is 0 Å². The smallest absolute Gasteiger partial charge is 0.500 e. The summed E-state index contributed by atoms with van der Waals surface area (Å²) in [6, 6.07) is 0.870. The molecule has 0 bridgehead atoms. The minimum Gasteiger partial charge on any atom is -0.502 e. The Hall–Kier alpha value is -0.363. The first-order valence-electron chi connectivity index (χ1n) is 6.21. The topological polar surface area (TPSA) is 36.9 Å². The Morgan fingerprint density at radius 3 is 2.24 bits per heavy atom. The SMILES string of the molecule is CC=COCCCCO[Si](CCC)(OC)OC. The highest BCUT2D eigenvalue weighted by molar-refractivity contribution is 6.60. The van der Waals surface area contributed by atoms with Gasteiger partial charge in [-0.3, -0.25) is 0 Å². The molecule has 102 valence electrons. The lowest BCUT2D eigenvalue weighted by molar-refractivity contribution is 0.0939. The highest BCUT2D eigenvalue weighted by Crippen LogP contribution is 2.16. The van der Waals surface area contributed by atoms with E-state index in [0.29, 0.717) is 6.61 Å². The standard InChI is InChI=1S/C12H26O4Si/c1-5-9-15-10-7-8-11-16-17(13-3,14-4)12-6-2/h5,9H,6-8,10-12H2,1-4H3. The van der Waals surface area contributed by atoms with Gasteiger partial charge >= 0.3 is 8.80 Å². The van der Waals surface area contributed by atoms with E-state index in [9.17, 15) is 0 Å². The molecule has 0 atom stereocenters. The molecule has 0 amide bonds. The Labute approximate surface area is 106 Å². The van der Waals surface area contributed by atoms with Crippen molar-refractivity contribution in [2.75, 3.05) is 27.4 Å². The van der Waals surface area contributed by atoms with Gasteiger partial charge in [-0.25, -0.2) is 0 Å². The molecule has 0 radical (unpaired) electrons. The van der Waals surface area contributed by atoms with E-state index in [-0.39, 0.29) is 0 Å². The number of hydrogen-bond donors (Lipinski definition) is 0. The summed E-state index contributed by atoms with van der Waals surface area (Å²) in [5.41, 5.74) is 0. The second kappa shape index (κ2) is 10.8. The quantitative estimate of drug-likeness (QED) is 0.326. The molecular weight excluding hydrogens is 236 g/mol. The van der Waals surface area contributed by atoms with Crippen LogP contribution < -0.4 is 0 Å². The molecule has 0 saturated carbocycles. The number of rotatable bonds is 11. The Morgan fingerprint density at radius 1 is 1.06 bits per heavy atom. The summed E-state index contributed by atoms with van der Waals surface area (Å²) in [6.07, 6.45) is 6.54. The van der Waals surface area contributed by atoms with Crippen LogP contribution in [0.3, 0.4) is 0 Å². The predicted molar refractivity (Wildman–Crippen MR) is 70.8 cm³/mol. The molecule has 0 aliphatic carbocycles. The van der Waals surface area contributed by atoms with E-state index in [2.05, 4.69) is 6.92 Å². The van der Waals surface area contributed by atoms with Crippen LogP contribution in [-0.4, -0.2) is 36.2 Å². The molecule has 0 aromatic rings. The lowest BCUT2D eigenvalue weighted by Gasteiger charge is -2.25. The molecule has 0 fully saturated rings. The Kier molecular flexibility index (Phi) is 10.5. The maximum Gasteiger partial charge on any atom is 0.500 e. The Balaban J connectivity index is 3.67. The van der Waals surface area contributed by atoms with Crippen LogP contribution in [0.15, 0.2) is 12.3 Å². The number of unbranched alkanes of at least 4 members (excludes halogenated alkanes) is 1. The van der Waals surface area contributed by atoms with Gasteiger partial charge in [0, 0.05) is 26.9 Å². The second-order valence-corrected chi connectivity index (χ2v) is 6.71. The van der Waals surface area contributed by atoms with Gasteiger partial charge in [0.1, 0.15) is 0 Å². The van der Waals surface area contributed by atoms with Crippen LogP contribution in [0, 0.1) is 0 Å². The van der Waals surface area contributed by atoms with Crippen molar-refractivity contribution in [3.8, 4) is 0 Å². The molecule has 4 nitrogen and oxygen atoms in total. The lowest BCUT2D eigenvalue weighted by atomic mass is 10.3. The Bertz CT molecular complexity index is 193. The van der Waals surface area contributed by atoms with Gasteiger partial charge < -0.3 is 18.0 Å². The van der Waals surface area contributed by atoms with Gasteiger partial charge in [-0.1, -0.05) is 19.4 Å². The highest BCUT2D eigenvalue weighted by atomic mass is 28.4. The molecule has 0 unspecified atom stereocenters. The zero-order chi connectivity index (χ0) is 13.0. The summed E-state index contributed by atoms with van der Waals surface area (Å²) >= 11 is 0. The van der Waals surface area contributed by atoms with Crippen LogP contribution in [-0.2, 0) is 18.0 Å². The molecule has 0 spiro atoms. The Morgan fingerprint density at radius 2 is 1.71 bits per heavy atom. The van der Waals surface area contributed by atoms with Gasteiger partial charge in [-0.05, 0) is 19.8 Å². The minimum atomic E-state index is -2.37. The van der Waals surface area contributed by atoms with Crippen molar-refractivity contribution in [1.82, 2.24) is 0 Å². The molecule has 0 aromatic carbocycles. The van der Waals surface area contributed by atoms with E-state index in [0.717, 1.165) is 31.9 Å². The average molecular weight is 262 g/mol. The van der Waals surface area contributed by atoms with Crippen LogP contribution in [0.4, 0.5) is 0 Å². The molecule has 0 heterocycles. The van der Waals surface area contributed by atoms with Crippen molar-refractivity contribution in [3.05, 3.63) is 12.3 Å². The zero-order valence-electron chi connectivity index (χ0n) is 11.5. The van der Waals surface area contributed by atoms with Gasteiger partial charge in [0.15, 0.2) is 0 Å². The fraction of sp³-hybridized carbons (Fsp3) is 0.833. The van der Waals surface area contributed by atoms with Crippen molar-refractivity contribution in [1.29, 1.82) is 0 Å². The van der Waals surface area contributed by atoms with Gasteiger partial charge in [-0.15, -0.1) is 0 Å². The average Bonchev–Trinajstić information content (AvgIpc) is 2.36. The van der Waals surface area contributed by atoms with Crippen molar-refractivity contribution in [2.24, 2.45) is 0 Å². The zero-order valence-corrected chi connectivity index (χ0v) is 12.5. The van der Waals surface area contributed by atoms with E-state index in [4.69, 9.17) is 18.0 Å². The van der Waals surface area contributed by atoms with E-state index in [1.807, 2.05) is 13.0 Å². The third kappa shape index (κ3) is 7.54. The maximum absolute atomic E-state index is 5.80. The minimum absolute atomic E-state index is 0.674. The van der Waals surface area contributed by atoms with Crippen molar-refractivity contribution in [2.45, 2.75) is 39.2 Å². The molecule has 17 heavy (non-hydrogen) atoms. The number of ether oxygens (including phenoxy) is 1. The first kappa shape index (κ1) is 16.6. The molecular formula is C12H26O4Si. The number of hydrogen-bond acceptors (Lipinski definition) is 4. The molecule has 0 N–H and O–H groups in total. The van der Waals surface area contributed by atoms with Gasteiger partial charge in [-0.2, -0.15) is 0 Å². The summed E-state index contributed by atoms with van der Waals surface area (Å²) in [5, 5.41) is 0. The van der Waals surface area contributed by atoms with Crippen LogP contribution in [0.2, 0.25) is 6.04 Å². The van der Waals surface area contributed by atoms with E-state index in [1.165, 1.54) is 0 Å². The number of allylic oxidation sites excluding steroid dienone is 1. The van der Waals surface area contributed by atoms with Crippen LogP contribution in [0.25, 0.3) is 0 Å². The van der Waals surface area contributed by atoms with Crippen LogP contribution >= 0.6 is 0 Å². The summed E-state index contributed by atoms with van der Waals surface area (Å²) in [4.78, 5) is 0. The van der Waals surface area contributed by atoms with E-state index < -0.39 is 8.80 Å². The highest BCUT2D eigenvalue weighted by Gasteiger charge is 2.37. The summed E-state index contributed by atoms with van der Waals surface area (Å²) in [5.74, 6) is 0.